The molecule has 1 aromatic carbocycles. The molecule has 0 N–H and O–H groups in total. The molecule has 0 bridgehead atoms. The number of amides is 1. The highest BCUT2D eigenvalue weighted by Crippen LogP contribution is 2.29. The molecule has 128 valence electrons. The summed E-state index contributed by atoms with van der Waals surface area (Å²) in [4.78, 5) is 30.6. The number of fused-ring (bicyclic) bond motifs is 1. The first kappa shape index (κ1) is 16.3. The van der Waals surface area contributed by atoms with E-state index in [0.717, 1.165) is 19.5 Å². The standard InChI is InChI=1S/C17H21N3O4/c1-23-14-9-12-13(10-15(14)24-2)18-11-20(17(12)22)6-3-5-16(21)19-7-4-8-19/h9-11H,3-8H2,1-2H3. The number of aryl methyl sites for hydroxylation is 1. The van der Waals surface area contributed by atoms with Crippen molar-refractivity contribution in [1.82, 2.24) is 14.5 Å². The SMILES string of the molecule is COc1cc2ncn(CCCC(=O)N3CCC3)c(=O)c2cc1OC. The molecule has 0 radical (unpaired) electrons. The van der Waals surface area contributed by atoms with Crippen molar-refractivity contribution in [3.05, 3.63) is 28.8 Å². The molecule has 1 aliphatic heterocycles. The van der Waals surface area contributed by atoms with E-state index in [0.29, 0.717) is 41.8 Å². The molecule has 1 aliphatic rings. The second-order valence-electron chi connectivity index (χ2n) is 5.81. The lowest BCUT2D eigenvalue weighted by Gasteiger charge is -2.30. The number of methoxy groups -OCH3 is 2. The molecule has 0 aliphatic carbocycles. The van der Waals surface area contributed by atoms with Crippen LogP contribution in [0.15, 0.2) is 23.3 Å². The Labute approximate surface area is 139 Å². The Balaban J connectivity index is 1.77. The van der Waals surface area contributed by atoms with Crippen LogP contribution in [-0.4, -0.2) is 47.7 Å². The lowest BCUT2D eigenvalue weighted by molar-refractivity contribution is -0.134. The van der Waals surface area contributed by atoms with Crippen LogP contribution < -0.4 is 15.0 Å². The molecule has 0 atom stereocenters. The highest BCUT2D eigenvalue weighted by Gasteiger charge is 2.19. The fourth-order valence-electron chi connectivity index (χ4n) is 2.77. The molecule has 2 aromatic rings. The molecular weight excluding hydrogens is 310 g/mol. The van der Waals surface area contributed by atoms with Crippen molar-refractivity contribution in [3.63, 3.8) is 0 Å². The molecule has 7 nitrogen and oxygen atoms in total. The summed E-state index contributed by atoms with van der Waals surface area (Å²) in [6, 6.07) is 3.33. The number of aromatic nitrogens is 2. The van der Waals surface area contributed by atoms with Crippen LogP contribution in [0.25, 0.3) is 10.9 Å². The number of benzene rings is 1. The zero-order valence-electron chi connectivity index (χ0n) is 13.9. The van der Waals surface area contributed by atoms with Gasteiger partial charge in [-0.2, -0.15) is 0 Å². The van der Waals surface area contributed by atoms with E-state index in [2.05, 4.69) is 4.98 Å². The average Bonchev–Trinajstić information content (AvgIpc) is 2.54. The minimum atomic E-state index is -0.141. The summed E-state index contributed by atoms with van der Waals surface area (Å²) in [6.07, 6.45) is 3.68. The van der Waals surface area contributed by atoms with E-state index < -0.39 is 0 Å². The monoisotopic (exact) mass is 331 g/mol. The minimum Gasteiger partial charge on any atom is -0.493 e. The molecule has 3 rings (SSSR count). The van der Waals surface area contributed by atoms with Gasteiger partial charge in [0.25, 0.3) is 5.56 Å². The molecule has 24 heavy (non-hydrogen) atoms. The Kier molecular flexibility index (Phi) is 4.69. The first-order chi connectivity index (χ1) is 11.6. The average molecular weight is 331 g/mol. The van der Waals surface area contributed by atoms with Crippen LogP contribution in [0.4, 0.5) is 0 Å². The first-order valence-electron chi connectivity index (χ1n) is 8.03. The maximum Gasteiger partial charge on any atom is 0.261 e. The van der Waals surface area contributed by atoms with Gasteiger partial charge in [0.1, 0.15) is 0 Å². The Morgan fingerprint density at radius 2 is 1.92 bits per heavy atom. The van der Waals surface area contributed by atoms with E-state index in [4.69, 9.17) is 9.47 Å². The Hall–Kier alpha value is -2.57. The lowest BCUT2D eigenvalue weighted by Crippen LogP contribution is -2.42. The zero-order chi connectivity index (χ0) is 17.1. The topological polar surface area (TPSA) is 73.7 Å². The highest BCUT2D eigenvalue weighted by atomic mass is 16.5. The Morgan fingerprint density at radius 3 is 2.54 bits per heavy atom. The van der Waals surface area contributed by atoms with Gasteiger partial charge >= 0.3 is 0 Å². The third-order valence-electron chi connectivity index (χ3n) is 4.33. The van der Waals surface area contributed by atoms with Crippen LogP contribution >= 0.6 is 0 Å². The van der Waals surface area contributed by atoms with E-state index in [9.17, 15) is 9.59 Å². The molecular formula is C17H21N3O4. The van der Waals surface area contributed by atoms with Crippen LogP contribution in [0.2, 0.25) is 0 Å². The Bertz CT molecular complexity index is 811. The number of carbonyl (C=O) groups is 1. The van der Waals surface area contributed by atoms with Gasteiger partial charge in [0.2, 0.25) is 5.91 Å². The molecule has 1 fully saturated rings. The first-order valence-corrected chi connectivity index (χ1v) is 8.03. The number of likely N-dealkylation sites (tertiary alicyclic amines) is 1. The number of hydrogen-bond donors (Lipinski definition) is 0. The number of hydrogen-bond acceptors (Lipinski definition) is 5. The zero-order valence-corrected chi connectivity index (χ0v) is 13.9. The molecule has 1 aromatic heterocycles. The Morgan fingerprint density at radius 1 is 1.21 bits per heavy atom. The van der Waals surface area contributed by atoms with Gasteiger partial charge < -0.3 is 14.4 Å². The van der Waals surface area contributed by atoms with Crippen molar-refractivity contribution >= 4 is 16.8 Å². The van der Waals surface area contributed by atoms with Crippen LogP contribution in [0.3, 0.4) is 0 Å². The third kappa shape index (κ3) is 3.06. The molecule has 0 spiro atoms. The molecule has 7 heteroatoms. The van der Waals surface area contributed by atoms with Crippen LogP contribution in [0, 0.1) is 0 Å². The third-order valence-corrected chi connectivity index (χ3v) is 4.33. The van der Waals surface area contributed by atoms with Crippen molar-refractivity contribution in [2.75, 3.05) is 27.3 Å². The van der Waals surface area contributed by atoms with Crippen molar-refractivity contribution in [2.45, 2.75) is 25.8 Å². The summed E-state index contributed by atoms with van der Waals surface area (Å²) in [5, 5.41) is 0.476. The van der Waals surface area contributed by atoms with Gasteiger partial charge in [-0.3, -0.25) is 14.2 Å². The highest BCUT2D eigenvalue weighted by molar-refractivity contribution is 5.81. The smallest absolute Gasteiger partial charge is 0.261 e. The molecule has 1 saturated heterocycles. The molecule has 1 amide bonds. The van der Waals surface area contributed by atoms with E-state index in [1.54, 1.807) is 19.2 Å². The summed E-state index contributed by atoms with van der Waals surface area (Å²) in [7, 11) is 3.07. The van der Waals surface area contributed by atoms with Crippen molar-refractivity contribution in [1.29, 1.82) is 0 Å². The second kappa shape index (κ2) is 6.90. The second-order valence-corrected chi connectivity index (χ2v) is 5.81. The number of carbonyl (C=O) groups excluding carboxylic acids is 1. The van der Waals surface area contributed by atoms with Gasteiger partial charge in [-0.25, -0.2) is 4.98 Å². The quantitative estimate of drug-likeness (QED) is 0.800. The predicted molar refractivity (Wildman–Crippen MR) is 89.5 cm³/mol. The largest absolute Gasteiger partial charge is 0.493 e. The number of rotatable bonds is 6. The van der Waals surface area contributed by atoms with E-state index in [1.807, 2.05) is 4.90 Å². The fourth-order valence-corrected chi connectivity index (χ4v) is 2.77. The van der Waals surface area contributed by atoms with E-state index >= 15 is 0 Å². The van der Waals surface area contributed by atoms with Gasteiger partial charge in [0.05, 0.1) is 31.4 Å². The van der Waals surface area contributed by atoms with Crippen LogP contribution in [0.1, 0.15) is 19.3 Å². The lowest BCUT2D eigenvalue weighted by atomic mass is 10.2. The summed E-state index contributed by atoms with van der Waals surface area (Å²) < 4.78 is 12.0. The minimum absolute atomic E-state index is 0.141. The van der Waals surface area contributed by atoms with Gasteiger partial charge in [0.15, 0.2) is 11.5 Å². The van der Waals surface area contributed by atoms with Gasteiger partial charge in [-0.05, 0) is 18.9 Å². The van der Waals surface area contributed by atoms with Gasteiger partial charge in [-0.1, -0.05) is 0 Å². The number of nitrogens with zero attached hydrogens (tertiary/aromatic N) is 3. The maximum absolute atomic E-state index is 12.6. The maximum atomic E-state index is 12.6. The van der Waals surface area contributed by atoms with Crippen LogP contribution in [0.5, 0.6) is 11.5 Å². The number of ether oxygens (including phenoxy) is 2. The van der Waals surface area contributed by atoms with Gasteiger partial charge in [0, 0.05) is 32.1 Å². The van der Waals surface area contributed by atoms with Crippen LogP contribution in [-0.2, 0) is 11.3 Å². The van der Waals surface area contributed by atoms with Gasteiger partial charge in [-0.15, -0.1) is 0 Å². The summed E-state index contributed by atoms with van der Waals surface area (Å²) in [6.45, 7) is 2.19. The normalized spacial score (nSPS) is 13.7. The summed E-state index contributed by atoms with van der Waals surface area (Å²) >= 11 is 0. The summed E-state index contributed by atoms with van der Waals surface area (Å²) in [5.41, 5.74) is 0.419. The fraction of sp³-hybridized carbons (Fsp3) is 0.471. The molecule has 0 saturated carbocycles. The van der Waals surface area contributed by atoms with Crippen molar-refractivity contribution in [3.8, 4) is 11.5 Å². The van der Waals surface area contributed by atoms with Crippen molar-refractivity contribution in [2.24, 2.45) is 0 Å². The van der Waals surface area contributed by atoms with E-state index in [-0.39, 0.29) is 11.5 Å². The molecule has 2 heterocycles. The predicted octanol–water partition coefficient (Wildman–Crippen LogP) is 1.43. The molecule has 0 unspecified atom stereocenters. The summed E-state index contributed by atoms with van der Waals surface area (Å²) in [5.74, 6) is 1.19. The van der Waals surface area contributed by atoms with Crippen molar-refractivity contribution < 1.29 is 14.3 Å². The van der Waals surface area contributed by atoms with E-state index in [1.165, 1.54) is 18.0 Å².